The van der Waals surface area contributed by atoms with Crippen molar-refractivity contribution in [3.8, 4) is 0 Å². The summed E-state index contributed by atoms with van der Waals surface area (Å²) in [4.78, 5) is 11.8. The maximum Gasteiger partial charge on any atom is 0.137 e. The lowest BCUT2D eigenvalue weighted by Gasteiger charge is -2.37. The molecule has 0 amide bonds. The molecule has 1 aliphatic rings. The number of hydrogen-bond acceptors (Lipinski definition) is 5. The Morgan fingerprint density at radius 2 is 2.14 bits per heavy atom. The fourth-order valence-electron chi connectivity index (χ4n) is 2.97. The standard InChI is InChI=1S/C16H28N4O/c1-6-7-14-18-15(17-4)12(3)16(19-14)20-9-8-11(2)13(10-20)21-5/h11,13H,6-10H2,1-5H3,(H,17,18,19). The Kier molecular flexibility index (Phi) is 5.39. The number of nitrogens with one attached hydrogen (secondary N) is 1. The van der Waals surface area contributed by atoms with Gasteiger partial charge in [-0.25, -0.2) is 9.97 Å². The highest BCUT2D eigenvalue weighted by Gasteiger charge is 2.28. The topological polar surface area (TPSA) is 50.3 Å². The minimum Gasteiger partial charge on any atom is -0.379 e. The molecule has 5 nitrogen and oxygen atoms in total. The first-order valence-corrected chi connectivity index (χ1v) is 7.93. The molecule has 0 spiro atoms. The molecule has 1 fully saturated rings. The highest BCUT2D eigenvalue weighted by atomic mass is 16.5. The lowest BCUT2D eigenvalue weighted by Crippen LogP contribution is -2.44. The Labute approximate surface area is 128 Å². The molecule has 1 saturated heterocycles. The van der Waals surface area contributed by atoms with Crippen molar-refractivity contribution in [2.75, 3.05) is 37.5 Å². The number of nitrogens with zero attached hydrogens (tertiary/aromatic N) is 3. The Morgan fingerprint density at radius 3 is 2.76 bits per heavy atom. The number of piperidine rings is 1. The Balaban J connectivity index is 2.31. The maximum absolute atomic E-state index is 5.63. The van der Waals surface area contributed by atoms with Crippen LogP contribution in [0.3, 0.4) is 0 Å². The van der Waals surface area contributed by atoms with Crippen molar-refractivity contribution >= 4 is 11.6 Å². The van der Waals surface area contributed by atoms with Crippen molar-refractivity contribution in [2.24, 2.45) is 5.92 Å². The van der Waals surface area contributed by atoms with E-state index in [9.17, 15) is 0 Å². The van der Waals surface area contributed by atoms with Crippen molar-refractivity contribution < 1.29 is 4.74 Å². The second kappa shape index (κ2) is 7.07. The van der Waals surface area contributed by atoms with Gasteiger partial charge in [0.1, 0.15) is 17.5 Å². The van der Waals surface area contributed by atoms with Crippen LogP contribution in [-0.2, 0) is 11.2 Å². The van der Waals surface area contributed by atoms with E-state index in [4.69, 9.17) is 9.72 Å². The van der Waals surface area contributed by atoms with Crippen molar-refractivity contribution in [1.29, 1.82) is 0 Å². The van der Waals surface area contributed by atoms with Crippen LogP contribution in [0.5, 0.6) is 0 Å². The van der Waals surface area contributed by atoms with Gasteiger partial charge in [0.25, 0.3) is 0 Å². The van der Waals surface area contributed by atoms with Gasteiger partial charge in [-0.2, -0.15) is 0 Å². The van der Waals surface area contributed by atoms with Gasteiger partial charge in [0, 0.05) is 39.2 Å². The molecule has 2 atom stereocenters. The lowest BCUT2D eigenvalue weighted by molar-refractivity contribution is 0.0496. The number of aryl methyl sites for hydroxylation is 1. The average Bonchev–Trinajstić information content (AvgIpc) is 2.49. The Hall–Kier alpha value is -1.36. The summed E-state index contributed by atoms with van der Waals surface area (Å²) in [5, 5.41) is 3.20. The summed E-state index contributed by atoms with van der Waals surface area (Å²) in [6.45, 7) is 8.46. The van der Waals surface area contributed by atoms with Crippen molar-refractivity contribution in [3.05, 3.63) is 11.4 Å². The largest absolute Gasteiger partial charge is 0.379 e. The molecule has 1 aliphatic heterocycles. The highest BCUT2D eigenvalue weighted by Crippen LogP contribution is 2.28. The molecule has 1 aromatic rings. The predicted molar refractivity (Wildman–Crippen MR) is 87.1 cm³/mol. The predicted octanol–water partition coefficient (Wildman–Crippen LogP) is 2.64. The first kappa shape index (κ1) is 16.0. The molecule has 0 radical (unpaired) electrons. The summed E-state index contributed by atoms with van der Waals surface area (Å²) in [6, 6.07) is 0. The van der Waals surface area contributed by atoms with Gasteiger partial charge in [0.2, 0.25) is 0 Å². The van der Waals surface area contributed by atoms with E-state index in [0.717, 1.165) is 55.4 Å². The van der Waals surface area contributed by atoms with E-state index in [0.29, 0.717) is 5.92 Å². The van der Waals surface area contributed by atoms with Crippen molar-refractivity contribution in [1.82, 2.24) is 9.97 Å². The minimum atomic E-state index is 0.278. The molecule has 5 heteroatoms. The molecule has 0 saturated carbocycles. The highest BCUT2D eigenvalue weighted by molar-refractivity contribution is 5.58. The van der Waals surface area contributed by atoms with E-state index in [1.54, 1.807) is 7.11 Å². The number of rotatable bonds is 5. The van der Waals surface area contributed by atoms with Gasteiger partial charge in [0.15, 0.2) is 0 Å². The molecule has 21 heavy (non-hydrogen) atoms. The zero-order chi connectivity index (χ0) is 15.4. The number of ether oxygens (including phenoxy) is 1. The van der Waals surface area contributed by atoms with Crippen LogP contribution < -0.4 is 10.2 Å². The van der Waals surface area contributed by atoms with Crippen LogP contribution in [0.15, 0.2) is 0 Å². The zero-order valence-electron chi connectivity index (χ0n) is 13.9. The number of anilines is 2. The quantitative estimate of drug-likeness (QED) is 0.904. The molecule has 118 valence electrons. The summed E-state index contributed by atoms with van der Waals surface area (Å²) in [6.07, 6.45) is 3.39. The lowest BCUT2D eigenvalue weighted by atomic mass is 9.95. The monoisotopic (exact) mass is 292 g/mol. The van der Waals surface area contributed by atoms with Gasteiger partial charge in [-0.3, -0.25) is 0 Å². The average molecular weight is 292 g/mol. The minimum absolute atomic E-state index is 0.278. The van der Waals surface area contributed by atoms with Gasteiger partial charge in [-0.1, -0.05) is 13.8 Å². The maximum atomic E-state index is 5.63. The molecule has 0 aromatic carbocycles. The van der Waals surface area contributed by atoms with E-state index >= 15 is 0 Å². The smallest absolute Gasteiger partial charge is 0.137 e. The van der Waals surface area contributed by atoms with Gasteiger partial charge >= 0.3 is 0 Å². The van der Waals surface area contributed by atoms with Crippen LogP contribution in [-0.4, -0.2) is 43.3 Å². The number of aromatic nitrogens is 2. The fraction of sp³-hybridized carbons (Fsp3) is 0.750. The van der Waals surface area contributed by atoms with Crippen LogP contribution >= 0.6 is 0 Å². The summed E-state index contributed by atoms with van der Waals surface area (Å²) in [5.41, 5.74) is 1.13. The summed E-state index contributed by atoms with van der Waals surface area (Å²) >= 11 is 0. The van der Waals surface area contributed by atoms with Crippen molar-refractivity contribution in [3.63, 3.8) is 0 Å². The normalized spacial score (nSPS) is 22.4. The molecule has 0 aliphatic carbocycles. The first-order chi connectivity index (χ1) is 10.1. The van der Waals surface area contributed by atoms with Crippen LogP contribution in [0.1, 0.15) is 38.1 Å². The van der Waals surface area contributed by atoms with E-state index in [1.807, 2.05) is 7.05 Å². The summed E-state index contributed by atoms with van der Waals surface area (Å²) in [5.74, 6) is 3.53. The number of methoxy groups -OCH3 is 1. The summed E-state index contributed by atoms with van der Waals surface area (Å²) in [7, 11) is 3.73. The van der Waals surface area contributed by atoms with Gasteiger partial charge in [-0.05, 0) is 25.7 Å². The summed E-state index contributed by atoms with van der Waals surface area (Å²) < 4.78 is 5.63. The van der Waals surface area contributed by atoms with E-state index < -0.39 is 0 Å². The van der Waals surface area contributed by atoms with Crippen LogP contribution in [0, 0.1) is 12.8 Å². The number of hydrogen-bond donors (Lipinski definition) is 1. The molecule has 1 aromatic heterocycles. The molecule has 2 heterocycles. The third-order valence-corrected chi connectivity index (χ3v) is 4.37. The van der Waals surface area contributed by atoms with Gasteiger partial charge in [-0.15, -0.1) is 0 Å². The second-order valence-corrected chi connectivity index (χ2v) is 5.92. The van der Waals surface area contributed by atoms with E-state index in [1.165, 1.54) is 0 Å². The van der Waals surface area contributed by atoms with Crippen LogP contribution in [0.4, 0.5) is 11.6 Å². The molecular weight excluding hydrogens is 264 g/mol. The first-order valence-electron chi connectivity index (χ1n) is 7.93. The third kappa shape index (κ3) is 3.46. The SMILES string of the molecule is CCCc1nc(NC)c(C)c(N2CCC(C)C(OC)C2)n1. The Morgan fingerprint density at radius 1 is 1.38 bits per heavy atom. The van der Waals surface area contributed by atoms with E-state index in [-0.39, 0.29) is 6.10 Å². The molecule has 0 bridgehead atoms. The second-order valence-electron chi connectivity index (χ2n) is 5.92. The molecular formula is C16H28N4O. The molecule has 2 rings (SSSR count). The third-order valence-electron chi connectivity index (χ3n) is 4.37. The van der Waals surface area contributed by atoms with Crippen LogP contribution in [0.25, 0.3) is 0 Å². The van der Waals surface area contributed by atoms with Gasteiger partial charge in [0.05, 0.1) is 6.10 Å². The molecule has 1 N–H and O–H groups in total. The van der Waals surface area contributed by atoms with Crippen molar-refractivity contribution in [2.45, 2.75) is 46.1 Å². The molecule has 2 unspecified atom stereocenters. The van der Waals surface area contributed by atoms with Crippen LogP contribution in [0.2, 0.25) is 0 Å². The Bertz CT molecular complexity index is 478. The fourth-order valence-corrected chi connectivity index (χ4v) is 2.97. The zero-order valence-corrected chi connectivity index (χ0v) is 13.9. The van der Waals surface area contributed by atoms with E-state index in [2.05, 4.69) is 36.0 Å². The van der Waals surface area contributed by atoms with Gasteiger partial charge < -0.3 is 15.0 Å².